The average molecular weight is 376 g/mol. The highest BCUT2D eigenvalue weighted by atomic mass is 32.2. The third kappa shape index (κ3) is 3.75. The van der Waals surface area contributed by atoms with E-state index in [1.807, 2.05) is 0 Å². The minimum atomic E-state index is -1.22. The summed E-state index contributed by atoms with van der Waals surface area (Å²) in [6, 6.07) is 7.26. The number of rotatable bonds is 6. The number of carbonyl (C=O) groups is 2. The summed E-state index contributed by atoms with van der Waals surface area (Å²) in [5.74, 6) is -1.88. The molecule has 0 bridgehead atoms. The minimum absolute atomic E-state index is 0.0991. The number of halogens is 1. The van der Waals surface area contributed by atoms with Gasteiger partial charge in [0.15, 0.2) is 11.1 Å². The number of benzene rings is 1. The Bertz CT molecular complexity index is 1030. The van der Waals surface area contributed by atoms with Crippen LogP contribution in [0.25, 0.3) is 5.65 Å². The number of aliphatic carboxylic acids is 1. The molecule has 3 N–H and O–H groups in total. The zero-order valence-corrected chi connectivity index (χ0v) is 14.0. The zero-order chi connectivity index (χ0) is 18.7. The summed E-state index contributed by atoms with van der Waals surface area (Å²) < 4.78 is 14.4. The molecule has 10 heteroatoms. The summed E-state index contributed by atoms with van der Waals surface area (Å²) in [4.78, 5) is 39.0. The maximum Gasteiger partial charge on any atom is 0.322 e. The first kappa shape index (κ1) is 17.7. The third-order valence-corrected chi connectivity index (χ3v) is 4.53. The van der Waals surface area contributed by atoms with Crippen LogP contribution in [-0.4, -0.2) is 38.1 Å². The predicted molar refractivity (Wildman–Crippen MR) is 91.7 cm³/mol. The lowest BCUT2D eigenvalue weighted by molar-refractivity contribution is -0.135. The van der Waals surface area contributed by atoms with E-state index in [0.29, 0.717) is 10.8 Å². The molecule has 0 unspecified atom stereocenters. The number of H-pyrrole nitrogens is 1. The van der Waals surface area contributed by atoms with Gasteiger partial charge in [-0.15, -0.1) is 11.8 Å². The Morgan fingerprint density at radius 3 is 2.73 bits per heavy atom. The standard InChI is InChI=1S/C16H13FN4O4S/c17-10-3-1-9(2-4-10)7-26-12-5-11(22)14(15-19-8-20-21(12)15)16(25)18-6-13(23)24/h1-5,8H,6-7H2,(H,18,25)(H,19,20)(H,23,24). The molecule has 0 aliphatic rings. The molecule has 1 amide bonds. The lowest BCUT2D eigenvalue weighted by Gasteiger charge is -2.08. The fraction of sp³-hybridized carbons (Fsp3) is 0.125. The second-order valence-corrected chi connectivity index (χ2v) is 6.26. The first-order valence-electron chi connectivity index (χ1n) is 7.42. The molecule has 0 aliphatic heterocycles. The Balaban J connectivity index is 1.89. The van der Waals surface area contributed by atoms with Crippen molar-refractivity contribution in [3.63, 3.8) is 0 Å². The maximum absolute atomic E-state index is 13.0. The molecular formula is C16H13FN4O4S. The van der Waals surface area contributed by atoms with Gasteiger partial charge in [0, 0.05) is 11.8 Å². The number of pyridine rings is 1. The summed E-state index contributed by atoms with van der Waals surface area (Å²) in [7, 11) is 0. The summed E-state index contributed by atoms with van der Waals surface area (Å²) in [6.07, 6.45) is 1.32. The molecule has 2 heterocycles. The largest absolute Gasteiger partial charge is 0.480 e. The lowest BCUT2D eigenvalue weighted by Crippen LogP contribution is -2.33. The van der Waals surface area contributed by atoms with Gasteiger partial charge in [0.25, 0.3) is 5.91 Å². The van der Waals surface area contributed by atoms with Gasteiger partial charge in [-0.25, -0.2) is 13.9 Å². The second kappa shape index (κ2) is 7.40. The van der Waals surface area contributed by atoms with E-state index in [-0.39, 0.29) is 17.0 Å². The van der Waals surface area contributed by atoms with Gasteiger partial charge >= 0.3 is 5.97 Å². The van der Waals surface area contributed by atoms with Gasteiger partial charge in [0.1, 0.15) is 29.3 Å². The highest BCUT2D eigenvalue weighted by Crippen LogP contribution is 2.23. The summed E-state index contributed by atoms with van der Waals surface area (Å²) in [6.45, 7) is -0.601. The second-order valence-electron chi connectivity index (χ2n) is 5.26. The number of nitrogens with one attached hydrogen (secondary N) is 2. The molecule has 8 nitrogen and oxygen atoms in total. The Labute approximate surface area is 150 Å². The van der Waals surface area contributed by atoms with Crippen LogP contribution in [0.1, 0.15) is 15.9 Å². The predicted octanol–water partition coefficient (Wildman–Crippen LogP) is 1.27. The minimum Gasteiger partial charge on any atom is -0.480 e. The summed E-state index contributed by atoms with van der Waals surface area (Å²) >= 11 is 1.31. The number of hydrogen-bond donors (Lipinski definition) is 3. The quantitative estimate of drug-likeness (QED) is 0.558. The molecule has 0 aliphatic carbocycles. The van der Waals surface area contributed by atoms with Crippen molar-refractivity contribution >= 4 is 29.3 Å². The number of carboxylic acids is 1. The molecule has 0 spiro atoms. The van der Waals surface area contributed by atoms with Crippen molar-refractivity contribution in [1.29, 1.82) is 0 Å². The van der Waals surface area contributed by atoms with Crippen molar-refractivity contribution in [2.24, 2.45) is 0 Å². The number of carbonyl (C=O) groups excluding carboxylic acids is 1. The van der Waals surface area contributed by atoms with Crippen molar-refractivity contribution in [2.75, 3.05) is 6.54 Å². The van der Waals surface area contributed by atoms with E-state index in [1.54, 1.807) is 12.1 Å². The molecule has 134 valence electrons. The topological polar surface area (TPSA) is 117 Å². The van der Waals surface area contributed by atoms with Crippen LogP contribution >= 0.6 is 11.8 Å². The first-order chi connectivity index (χ1) is 12.5. The van der Waals surface area contributed by atoms with Gasteiger partial charge in [0.2, 0.25) is 0 Å². The number of hydrogen-bond acceptors (Lipinski definition) is 5. The average Bonchev–Trinajstić information content (AvgIpc) is 3.08. The van der Waals surface area contributed by atoms with E-state index in [2.05, 4.69) is 15.4 Å². The van der Waals surface area contributed by atoms with E-state index in [1.165, 1.54) is 40.8 Å². The van der Waals surface area contributed by atoms with E-state index in [0.717, 1.165) is 5.56 Å². The van der Waals surface area contributed by atoms with Crippen LogP contribution < -0.4 is 10.7 Å². The molecule has 0 fully saturated rings. The van der Waals surface area contributed by atoms with Crippen molar-refractivity contribution in [2.45, 2.75) is 10.8 Å². The highest BCUT2D eigenvalue weighted by molar-refractivity contribution is 7.98. The number of nitrogens with zero attached hydrogens (tertiary/aromatic N) is 2. The molecule has 3 rings (SSSR count). The van der Waals surface area contributed by atoms with E-state index in [4.69, 9.17) is 5.11 Å². The van der Waals surface area contributed by atoms with Gasteiger partial charge in [0.05, 0.1) is 0 Å². The van der Waals surface area contributed by atoms with Gasteiger partial charge < -0.3 is 10.4 Å². The molecule has 0 saturated heterocycles. The fourth-order valence-electron chi connectivity index (χ4n) is 2.27. The lowest BCUT2D eigenvalue weighted by atomic mass is 10.2. The van der Waals surface area contributed by atoms with Crippen molar-refractivity contribution < 1.29 is 19.1 Å². The van der Waals surface area contributed by atoms with Gasteiger partial charge in [-0.2, -0.15) is 0 Å². The third-order valence-electron chi connectivity index (χ3n) is 3.46. The monoisotopic (exact) mass is 376 g/mol. The fourth-order valence-corrected chi connectivity index (χ4v) is 3.24. The van der Waals surface area contributed by atoms with E-state index >= 15 is 0 Å². The molecule has 3 aromatic rings. The SMILES string of the molecule is O=C(O)CNC(=O)c1c(=O)cc(SCc2ccc(F)cc2)n2[nH]cnc12. The Morgan fingerprint density at radius 1 is 1.31 bits per heavy atom. The zero-order valence-electron chi connectivity index (χ0n) is 13.2. The Morgan fingerprint density at radius 2 is 2.04 bits per heavy atom. The number of thioether (sulfide) groups is 1. The van der Waals surface area contributed by atoms with Gasteiger partial charge in [-0.05, 0) is 17.7 Å². The van der Waals surface area contributed by atoms with E-state index < -0.39 is 23.9 Å². The highest BCUT2D eigenvalue weighted by Gasteiger charge is 2.19. The van der Waals surface area contributed by atoms with Crippen LogP contribution in [0.3, 0.4) is 0 Å². The smallest absolute Gasteiger partial charge is 0.322 e. The number of fused-ring (bicyclic) bond motifs is 1. The van der Waals surface area contributed by atoms with Gasteiger partial charge in [-0.1, -0.05) is 12.1 Å². The Hall–Kier alpha value is -3.14. The van der Waals surface area contributed by atoms with Crippen molar-refractivity contribution in [3.05, 3.63) is 63.8 Å². The molecular weight excluding hydrogens is 363 g/mol. The first-order valence-corrected chi connectivity index (χ1v) is 8.40. The molecule has 2 aromatic heterocycles. The van der Waals surface area contributed by atoms with Crippen LogP contribution in [0.2, 0.25) is 0 Å². The normalized spacial score (nSPS) is 10.8. The molecule has 26 heavy (non-hydrogen) atoms. The molecule has 0 saturated carbocycles. The maximum atomic E-state index is 13.0. The molecule has 0 radical (unpaired) electrons. The number of aromatic nitrogens is 3. The Kier molecular flexibility index (Phi) is 5.03. The summed E-state index contributed by atoms with van der Waals surface area (Å²) in [5, 5.41) is 14.1. The van der Waals surface area contributed by atoms with Crippen LogP contribution in [0.4, 0.5) is 4.39 Å². The van der Waals surface area contributed by atoms with Crippen molar-refractivity contribution in [3.8, 4) is 0 Å². The van der Waals surface area contributed by atoms with Crippen LogP contribution in [0.15, 0.2) is 46.5 Å². The molecule has 1 aromatic carbocycles. The van der Waals surface area contributed by atoms with Crippen molar-refractivity contribution in [1.82, 2.24) is 19.9 Å². The van der Waals surface area contributed by atoms with Gasteiger partial charge in [-0.3, -0.25) is 19.5 Å². The summed E-state index contributed by atoms with van der Waals surface area (Å²) in [5.41, 5.74) is 0.155. The molecule has 0 atom stereocenters. The van der Waals surface area contributed by atoms with Crippen LogP contribution in [0, 0.1) is 5.82 Å². The number of carboxylic acid groups (broad SMARTS) is 1. The van der Waals surface area contributed by atoms with Crippen LogP contribution in [-0.2, 0) is 10.5 Å². The van der Waals surface area contributed by atoms with Crippen LogP contribution in [0.5, 0.6) is 0 Å². The number of aromatic amines is 1. The number of amides is 1. The van der Waals surface area contributed by atoms with E-state index in [9.17, 15) is 18.8 Å².